The number of benzene rings is 1. The molecule has 92 valence electrons. The number of rotatable bonds is 2. The van der Waals surface area contributed by atoms with Crippen LogP contribution in [0.25, 0.3) is 0 Å². The Morgan fingerprint density at radius 1 is 1.35 bits per heavy atom. The zero-order chi connectivity index (χ0) is 11.7. The summed E-state index contributed by atoms with van der Waals surface area (Å²) in [5, 5.41) is 13.1. The SMILES string of the molecule is Oc1cc(CC2CCCNC2)c2c(c1)OCO2. The fraction of sp³-hybridized carbons (Fsp3) is 0.538. The Morgan fingerprint density at radius 3 is 3.12 bits per heavy atom. The number of ether oxygens (including phenoxy) is 2. The number of aromatic hydroxyl groups is 1. The molecule has 0 aromatic heterocycles. The molecule has 17 heavy (non-hydrogen) atoms. The maximum Gasteiger partial charge on any atom is 0.231 e. The Hall–Kier alpha value is -1.42. The average molecular weight is 235 g/mol. The number of hydrogen-bond donors (Lipinski definition) is 2. The molecule has 1 aromatic carbocycles. The predicted octanol–water partition coefficient (Wildman–Crippen LogP) is 1.66. The van der Waals surface area contributed by atoms with E-state index in [0.29, 0.717) is 11.7 Å². The van der Waals surface area contributed by atoms with Crippen molar-refractivity contribution in [3.05, 3.63) is 17.7 Å². The maximum absolute atomic E-state index is 9.66. The van der Waals surface area contributed by atoms with Crippen LogP contribution in [0.2, 0.25) is 0 Å². The predicted molar refractivity (Wildman–Crippen MR) is 63.5 cm³/mol. The maximum atomic E-state index is 9.66. The van der Waals surface area contributed by atoms with Gasteiger partial charge >= 0.3 is 0 Å². The summed E-state index contributed by atoms with van der Waals surface area (Å²) in [6.07, 6.45) is 3.40. The fourth-order valence-electron chi connectivity index (χ4n) is 2.63. The van der Waals surface area contributed by atoms with Gasteiger partial charge in [-0.3, -0.25) is 0 Å². The summed E-state index contributed by atoms with van der Waals surface area (Å²) in [5.41, 5.74) is 1.06. The van der Waals surface area contributed by atoms with Gasteiger partial charge in [0.1, 0.15) is 5.75 Å². The molecule has 2 heterocycles. The first-order chi connectivity index (χ1) is 8.33. The van der Waals surface area contributed by atoms with Gasteiger partial charge in [0.05, 0.1) is 0 Å². The second-order valence-corrected chi connectivity index (χ2v) is 4.76. The number of piperidine rings is 1. The first kappa shape index (κ1) is 10.7. The van der Waals surface area contributed by atoms with Crippen LogP contribution in [0, 0.1) is 5.92 Å². The molecule has 1 fully saturated rings. The summed E-state index contributed by atoms with van der Waals surface area (Å²) in [4.78, 5) is 0. The van der Waals surface area contributed by atoms with Gasteiger partial charge in [0.15, 0.2) is 11.5 Å². The smallest absolute Gasteiger partial charge is 0.231 e. The monoisotopic (exact) mass is 235 g/mol. The van der Waals surface area contributed by atoms with Crippen molar-refractivity contribution in [1.29, 1.82) is 0 Å². The van der Waals surface area contributed by atoms with Gasteiger partial charge in [0.2, 0.25) is 6.79 Å². The number of hydrogen-bond acceptors (Lipinski definition) is 4. The van der Waals surface area contributed by atoms with Gasteiger partial charge in [0, 0.05) is 11.6 Å². The molecule has 0 bridgehead atoms. The minimum Gasteiger partial charge on any atom is -0.508 e. The molecule has 0 spiro atoms. The first-order valence-electron chi connectivity index (χ1n) is 6.15. The summed E-state index contributed by atoms with van der Waals surface area (Å²) in [6.45, 7) is 2.42. The normalized spacial score (nSPS) is 22.7. The summed E-state index contributed by atoms with van der Waals surface area (Å²) in [7, 11) is 0. The van der Waals surface area contributed by atoms with Gasteiger partial charge in [0.25, 0.3) is 0 Å². The van der Waals surface area contributed by atoms with E-state index in [1.165, 1.54) is 12.8 Å². The number of fused-ring (bicyclic) bond motifs is 1. The van der Waals surface area contributed by atoms with Crippen LogP contribution in [0.1, 0.15) is 18.4 Å². The van der Waals surface area contributed by atoms with E-state index >= 15 is 0 Å². The largest absolute Gasteiger partial charge is 0.508 e. The van der Waals surface area contributed by atoms with E-state index in [2.05, 4.69) is 5.32 Å². The topological polar surface area (TPSA) is 50.7 Å². The van der Waals surface area contributed by atoms with Crippen molar-refractivity contribution >= 4 is 0 Å². The summed E-state index contributed by atoms with van der Waals surface area (Å²) < 4.78 is 10.8. The molecule has 1 aromatic rings. The fourth-order valence-corrected chi connectivity index (χ4v) is 2.63. The first-order valence-corrected chi connectivity index (χ1v) is 6.15. The van der Waals surface area contributed by atoms with Gasteiger partial charge in [-0.2, -0.15) is 0 Å². The van der Waals surface area contributed by atoms with Crippen LogP contribution in [0.4, 0.5) is 0 Å². The Labute approximate surface area is 101 Å². The van der Waals surface area contributed by atoms with Gasteiger partial charge in [-0.05, 0) is 44.3 Å². The third-order valence-electron chi connectivity index (χ3n) is 3.44. The van der Waals surface area contributed by atoms with Crippen molar-refractivity contribution in [2.45, 2.75) is 19.3 Å². The standard InChI is InChI=1S/C13H17NO3/c15-11-5-10(4-9-2-1-3-14-7-9)13-12(6-11)16-8-17-13/h5-6,9,14-15H,1-4,7-8H2. The van der Waals surface area contributed by atoms with Crippen molar-refractivity contribution in [2.24, 2.45) is 5.92 Å². The lowest BCUT2D eigenvalue weighted by atomic mass is 9.92. The molecule has 0 amide bonds. The average Bonchev–Trinajstić information content (AvgIpc) is 2.78. The third-order valence-corrected chi connectivity index (χ3v) is 3.44. The van der Waals surface area contributed by atoms with Gasteiger partial charge < -0.3 is 19.9 Å². The molecule has 0 saturated carbocycles. The highest BCUT2D eigenvalue weighted by Crippen LogP contribution is 2.40. The Kier molecular flexibility index (Phi) is 2.81. The van der Waals surface area contributed by atoms with E-state index in [1.54, 1.807) is 12.1 Å². The molecule has 2 N–H and O–H groups in total. The quantitative estimate of drug-likeness (QED) is 0.818. The minimum atomic E-state index is 0.257. The summed E-state index contributed by atoms with van der Waals surface area (Å²) in [5.74, 6) is 2.36. The van der Waals surface area contributed by atoms with Gasteiger partial charge in [-0.25, -0.2) is 0 Å². The lowest BCUT2D eigenvalue weighted by Gasteiger charge is -2.23. The molecular formula is C13H17NO3. The summed E-state index contributed by atoms with van der Waals surface area (Å²) in [6, 6.07) is 3.41. The molecule has 0 aliphatic carbocycles. The molecule has 2 aliphatic heterocycles. The summed E-state index contributed by atoms with van der Waals surface area (Å²) >= 11 is 0. The Bertz CT molecular complexity index is 413. The highest BCUT2D eigenvalue weighted by Gasteiger charge is 2.22. The molecule has 3 rings (SSSR count). The zero-order valence-electron chi connectivity index (χ0n) is 9.74. The van der Waals surface area contributed by atoms with E-state index in [9.17, 15) is 5.11 Å². The molecular weight excluding hydrogens is 218 g/mol. The molecule has 1 saturated heterocycles. The van der Waals surface area contributed by atoms with Gasteiger partial charge in [-0.15, -0.1) is 0 Å². The minimum absolute atomic E-state index is 0.257. The highest BCUT2D eigenvalue weighted by atomic mass is 16.7. The molecule has 1 atom stereocenters. The number of phenols is 1. The number of phenolic OH excluding ortho intramolecular Hbond substituents is 1. The van der Waals surface area contributed by atoms with E-state index in [0.717, 1.165) is 30.8 Å². The lowest BCUT2D eigenvalue weighted by molar-refractivity contribution is 0.173. The van der Waals surface area contributed by atoms with Crippen LogP contribution in [-0.2, 0) is 6.42 Å². The second-order valence-electron chi connectivity index (χ2n) is 4.76. The lowest BCUT2D eigenvalue weighted by Crippen LogP contribution is -2.30. The van der Waals surface area contributed by atoms with E-state index in [1.807, 2.05) is 0 Å². The van der Waals surface area contributed by atoms with Crippen LogP contribution >= 0.6 is 0 Å². The number of nitrogens with one attached hydrogen (secondary N) is 1. The van der Waals surface area contributed by atoms with Crippen molar-refractivity contribution < 1.29 is 14.6 Å². The molecule has 2 aliphatic rings. The van der Waals surface area contributed by atoms with Crippen molar-refractivity contribution in [2.75, 3.05) is 19.9 Å². The second kappa shape index (κ2) is 4.45. The van der Waals surface area contributed by atoms with Crippen LogP contribution < -0.4 is 14.8 Å². The van der Waals surface area contributed by atoms with Crippen LogP contribution in [-0.4, -0.2) is 25.0 Å². The van der Waals surface area contributed by atoms with Crippen molar-refractivity contribution in [3.63, 3.8) is 0 Å². The van der Waals surface area contributed by atoms with Crippen LogP contribution in [0.5, 0.6) is 17.2 Å². The zero-order valence-corrected chi connectivity index (χ0v) is 9.74. The van der Waals surface area contributed by atoms with Crippen LogP contribution in [0.3, 0.4) is 0 Å². The molecule has 0 radical (unpaired) electrons. The van der Waals surface area contributed by atoms with E-state index < -0.39 is 0 Å². The van der Waals surface area contributed by atoms with E-state index in [4.69, 9.17) is 9.47 Å². The van der Waals surface area contributed by atoms with Crippen molar-refractivity contribution in [1.82, 2.24) is 5.32 Å². The van der Waals surface area contributed by atoms with Crippen molar-refractivity contribution in [3.8, 4) is 17.2 Å². The Balaban J connectivity index is 1.82. The van der Waals surface area contributed by atoms with Crippen LogP contribution in [0.15, 0.2) is 12.1 Å². The molecule has 4 heteroatoms. The Morgan fingerprint density at radius 2 is 2.29 bits per heavy atom. The molecule has 4 nitrogen and oxygen atoms in total. The third kappa shape index (κ3) is 2.17. The molecule has 1 unspecified atom stereocenters. The van der Waals surface area contributed by atoms with E-state index in [-0.39, 0.29) is 12.5 Å². The van der Waals surface area contributed by atoms with Gasteiger partial charge in [-0.1, -0.05) is 0 Å². The highest BCUT2D eigenvalue weighted by molar-refractivity contribution is 5.52.